The predicted molar refractivity (Wildman–Crippen MR) is 176 cm³/mol. The Kier molecular flexibility index (Phi) is 12.6. The molecule has 5 N–H and O–H groups in total. The van der Waals surface area contributed by atoms with E-state index in [-0.39, 0.29) is 42.2 Å². The first-order valence-electron chi connectivity index (χ1n) is 14.8. The van der Waals surface area contributed by atoms with Gasteiger partial charge in [0.1, 0.15) is 11.9 Å². The van der Waals surface area contributed by atoms with Crippen molar-refractivity contribution >= 4 is 56.5 Å². The number of nitrogens with one attached hydrogen (secondary N) is 4. The molecule has 15 heteroatoms. The number of hydrogen-bond donors (Lipinski definition) is 5. The molecule has 3 unspecified atom stereocenters. The lowest BCUT2D eigenvalue weighted by Crippen LogP contribution is -2.59. The van der Waals surface area contributed by atoms with Gasteiger partial charge in [-0.25, -0.2) is 18.2 Å². The lowest BCUT2D eigenvalue weighted by Gasteiger charge is -2.34. The highest BCUT2D eigenvalue weighted by atomic mass is 35.5. The molecule has 1 heterocycles. The first-order chi connectivity index (χ1) is 21.5. The van der Waals surface area contributed by atoms with Crippen molar-refractivity contribution in [3.63, 3.8) is 0 Å². The van der Waals surface area contributed by atoms with Gasteiger partial charge in [-0.15, -0.1) is 11.6 Å². The molecule has 0 aliphatic carbocycles. The SMILES string of the molecule is COC(=O)Nc1nc2ccc(S(=O)(=O)N(CC(C)C)CC(O)C(Cc3ccccc3)NC(=O)C(NC(=O)CCl)C(C)(C)C)cc2[nH]1. The molecule has 13 nitrogen and oxygen atoms in total. The zero-order valence-corrected chi connectivity index (χ0v) is 28.4. The molecule has 3 amide bonds. The number of anilines is 1. The summed E-state index contributed by atoms with van der Waals surface area (Å²) in [5, 5.41) is 19.5. The summed E-state index contributed by atoms with van der Waals surface area (Å²) in [7, 11) is -2.96. The van der Waals surface area contributed by atoms with Crippen molar-refractivity contribution in [3.05, 3.63) is 54.1 Å². The number of aromatic amines is 1. The topological polar surface area (TPSA) is 183 Å². The number of benzene rings is 2. The molecule has 0 fully saturated rings. The van der Waals surface area contributed by atoms with Gasteiger partial charge >= 0.3 is 6.09 Å². The minimum atomic E-state index is -4.17. The maximum absolute atomic E-state index is 14.0. The number of sulfonamides is 1. The summed E-state index contributed by atoms with van der Waals surface area (Å²) in [6, 6.07) is 11.6. The van der Waals surface area contributed by atoms with Crippen LogP contribution in [0.3, 0.4) is 0 Å². The van der Waals surface area contributed by atoms with Crippen LogP contribution in [0.2, 0.25) is 0 Å². The number of hydrogen-bond acceptors (Lipinski definition) is 8. The van der Waals surface area contributed by atoms with Gasteiger partial charge in [0.05, 0.1) is 35.2 Å². The lowest BCUT2D eigenvalue weighted by atomic mass is 9.85. The Balaban J connectivity index is 1.94. The van der Waals surface area contributed by atoms with Crippen LogP contribution in [0, 0.1) is 11.3 Å². The molecular formula is C31H43ClN6O7S. The number of fused-ring (bicyclic) bond motifs is 1. The van der Waals surface area contributed by atoms with Crippen LogP contribution >= 0.6 is 11.6 Å². The third-order valence-corrected chi connectivity index (χ3v) is 9.17. The van der Waals surface area contributed by atoms with Crippen molar-refractivity contribution in [2.45, 2.75) is 64.1 Å². The Hall–Kier alpha value is -3.72. The molecule has 3 aromatic rings. The normalized spacial score (nSPS) is 14.1. The number of carbonyl (C=O) groups is 3. The second-order valence-corrected chi connectivity index (χ2v) is 14.7. The van der Waals surface area contributed by atoms with Gasteiger partial charge in [0, 0.05) is 13.1 Å². The number of aliphatic hydroxyl groups excluding tert-OH is 1. The summed E-state index contributed by atoms with van der Waals surface area (Å²) in [6.07, 6.45) is -1.88. The molecule has 0 saturated heterocycles. The fourth-order valence-corrected chi connectivity index (χ4v) is 6.54. The third-order valence-electron chi connectivity index (χ3n) is 7.10. The van der Waals surface area contributed by atoms with Gasteiger partial charge < -0.3 is 25.5 Å². The zero-order chi connectivity index (χ0) is 34.2. The molecule has 1 aromatic heterocycles. The van der Waals surface area contributed by atoms with E-state index in [1.165, 1.54) is 29.6 Å². The monoisotopic (exact) mass is 678 g/mol. The number of imidazole rings is 1. The third kappa shape index (κ3) is 9.89. The number of nitrogens with zero attached hydrogens (tertiary/aromatic N) is 2. The van der Waals surface area contributed by atoms with Crippen LogP contribution in [-0.4, -0.2) is 90.0 Å². The summed E-state index contributed by atoms with van der Waals surface area (Å²) >= 11 is 5.69. The number of alkyl halides is 1. The van der Waals surface area contributed by atoms with E-state index in [1.54, 1.807) is 20.8 Å². The predicted octanol–water partition coefficient (Wildman–Crippen LogP) is 3.25. The number of aliphatic hydroxyl groups is 1. The summed E-state index contributed by atoms with van der Waals surface area (Å²) in [5.41, 5.74) is 0.891. The molecular weight excluding hydrogens is 636 g/mol. The van der Waals surface area contributed by atoms with Gasteiger partial charge in [0.2, 0.25) is 27.8 Å². The fourth-order valence-electron chi connectivity index (χ4n) is 4.81. The van der Waals surface area contributed by atoms with E-state index in [0.717, 1.165) is 5.56 Å². The Bertz CT molecular complexity index is 1610. The van der Waals surface area contributed by atoms with E-state index in [1.807, 2.05) is 44.2 Å². The van der Waals surface area contributed by atoms with E-state index in [0.29, 0.717) is 11.0 Å². The Labute approximate surface area is 274 Å². The van der Waals surface area contributed by atoms with Crippen LogP contribution in [0.4, 0.5) is 10.7 Å². The Morgan fingerprint density at radius 3 is 2.33 bits per heavy atom. The van der Waals surface area contributed by atoms with Gasteiger partial charge in [0.25, 0.3) is 0 Å². The van der Waals surface area contributed by atoms with E-state index in [2.05, 4.69) is 30.7 Å². The van der Waals surface area contributed by atoms with E-state index >= 15 is 0 Å². The molecule has 0 aliphatic rings. The largest absolute Gasteiger partial charge is 0.453 e. The molecule has 3 atom stereocenters. The average Bonchev–Trinajstić information content (AvgIpc) is 3.40. The van der Waals surface area contributed by atoms with Gasteiger partial charge in [-0.2, -0.15) is 4.31 Å². The molecule has 3 rings (SSSR count). The number of aromatic nitrogens is 2. The number of amides is 3. The van der Waals surface area contributed by atoms with E-state index in [4.69, 9.17) is 11.6 Å². The molecule has 0 aliphatic heterocycles. The number of H-pyrrole nitrogens is 1. The number of halogens is 1. The van der Waals surface area contributed by atoms with Crippen molar-refractivity contribution in [1.29, 1.82) is 0 Å². The second-order valence-electron chi connectivity index (χ2n) is 12.5. The smallest absolute Gasteiger partial charge is 0.413 e. The van der Waals surface area contributed by atoms with Crippen molar-refractivity contribution in [1.82, 2.24) is 24.9 Å². The van der Waals surface area contributed by atoms with E-state index in [9.17, 15) is 27.9 Å². The zero-order valence-electron chi connectivity index (χ0n) is 26.8. The number of methoxy groups -OCH3 is 1. The summed E-state index contributed by atoms with van der Waals surface area (Å²) in [4.78, 5) is 44.4. The summed E-state index contributed by atoms with van der Waals surface area (Å²) in [6.45, 7) is 8.83. The second kappa shape index (κ2) is 15.7. The summed E-state index contributed by atoms with van der Waals surface area (Å²) < 4.78 is 33.8. The van der Waals surface area contributed by atoms with Crippen LogP contribution in [0.1, 0.15) is 40.2 Å². The van der Waals surface area contributed by atoms with Crippen LogP contribution < -0.4 is 16.0 Å². The highest BCUT2D eigenvalue weighted by Crippen LogP contribution is 2.24. The molecule has 46 heavy (non-hydrogen) atoms. The van der Waals surface area contributed by atoms with Crippen LogP contribution in [-0.2, 0) is 30.8 Å². The molecule has 0 bridgehead atoms. The van der Waals surface area contributed by atoms with Gasteiger partial charge in [0.15, 0.2) is 0 Å². The Morgan fingerprint density at radius 2 is 1.74 bits per heavy atom. The van der Waals surface area contributed by atoms with Crippen LogP contribution in [0.5, 0.6) is 0 Å². The minimum Gasteiger partial charge on any atom is -0.453 e. The van der Waals surface area contributed by atoms with Crippen molar-refractivity contribution in [2.75, 3.05) is 31.4 Å². The average molecular weight is 679 g/mol. The maximum Gasteiger partial charge on any atom is 0.413 e. The minimum absolute atomic E-state index is 0.0543. The standard InChI is InChI=1S/C31H43ClN6O7S/c1-19(2)17-38(46(43,44)21-12-13-22-23(15-21)35-29(34-22)37-30(42)45-6)18-25(39)24(14-20-10-8-7-9-11-20)33-28(41)27(31(3,4)5)36-26(40)16-32/h7-13,15,19,24-25,27,39H,14,16-18H2,1-6H3,(H,33,41)(H,36,40)(H2,34,35,37,42). The number of rotatable bonds is 14. The van der Waals surface area contributed by atoms with Crippen molar-refractivity contribution in [2.24, 2.45) is 11.3 Å². The molecule has 252 valence electrons. The van der Waals surface area contributed by atoms with Gasteiger partial charge in [-0.05, 0) is 41.5 Å². The molecule has 2 aromatic carbocycles. The summed E-state index contributed by atoms with van der Waals surface area (Å²) in [5.74, 6) is -1.40. The quantitative estimate of drug-likeness (QED) is 0.161. The van der Waals surface area contributed by atoms with Crippen LogP contribution in [0.15, 0.2) is 53.4 Å². The molecule has 0 spiro atoms. The first kappa shape index (κ1) is 36.7. The lowest BCUT2D eigenvalue weighted by molar-refractivity contribution is -0.131. The highest BCUT2D eigenvalue weighted by Gasteiger charge is 2.36. The van der Waals surface area contributed by atoms with Crippen molar-refractivity contribution < 1.29 is 32.6 Å². The molecule has 0 radical (unpaired) electrons. The van der Waals surface area contributed by atoms with Gasteiger partial charge in [-0.3, -0.25) is 14.9 Å². The fraction of sp³-hybridized carbons (Fsp3) is 0.484. The highest BCUT2D eigenvalue weighted by molar-refractivity contribution is 7.89. The molecule has 0 saturated carbocycles. The van der Waals surface area contributed by atoms with Crippen LogP contribution in [0.25, 0.3) is 11.0 Å². The van der Waals surface area contributed by atoms with Crippen molar-refractivity contribution in [3.8, 4) is 0 Å². The Morgan fingerprint density at radius 1 is 1.07 bits per heavy atom. The number of carbonyl (C=O) groups excluding carboxylic acids is 3. The maximum atomic E-state index is 14.0. The first-order valence-corrected chi connectivity index (χ1v) is 16.7. The van der Waals surface area contributed by atoms with E-state index < -0.39 is 51.5 Å². The number of ether oxygens (including phenoxy) is 1. The van der Waals surface area contributed by atoms with Gasteiger partial charge in [-0.1, -0.05) is 65.0 Å².